The van der Waals surface area contributed by atoms with Gasteiger partial charge in [0.1, 0.15) is 0 Å². The van der Waals surface area contributed by atoms with Gasteiger partial charge in [0.15, 0.2) is 0 Å². The molecule has 0 aliphatic carbocycles. The number of fused-ring (bicyclic) bond motifs is 1. The van der Waals surface area contributed by atoms with Crippen LogP contribution in [0.4, 0.5) is 5.69 Å². The summed E-state index contributed by atoms with van der Waals surface area (Å²) in [6.45, 7) is 3.27. The van der Waals surface area contributed by atoms with Crippen molar-refractivity contribution < 1.29 is 5.11 Å². The molecule has 0 aliphatic rings. The van der Waals surface area contributed by atoms with E-state index in [1.807, 2.05) is 0 Å². The van der Waals surface area contributed by atoms with Crippen LogP contribution in [0.1, 0.15) is 13.3 Å². The van der Waals surface area contributed by atoms with Gasteiger partial charge in [-0.05, 0) is 23.8 Å². The Kier molecular flexibility index (Phi) is 4.21. The van der Waals surface area contributed by atoms with Crippen molar-refractivity contribution in [2.75, 3.05) is 25.1 Å². The molecule has 2 heteroatoms. The first-order valence-electron chi connectivity index (χ1n) is 6.56. The van der Waals surface area contributed by atoms with Crippen molar-refractivity contribution in [1.29, 1.82) is 0 Å². The standard InChI is InChI=1S/C16H21NO/c1-3-13(12-18)11-17(2)16-10-6-8-14-7-4-5-9-15(14)16/h4-10,13,18H,3,11-12H2,1-2H3. The summed E-state index contributed by atoms with van der Waals surface area (Å²) in [6, 6.07) is 14.8. The van der Waals surface area contributed by atoms with E-state index in [2.05, 4.69) is 61.3 Å². The van der Waals surface area contributed by atoms with Crippen LogP contribution in [0.15, 0.2) is 42.5 Å². The number of hydrogen-bond acceptors (Lipinski definition) is 2. The Balaban J connectivity index is 2.30. The molecule has 0 spiro atoms. The van der Waals surface area contributed by atoms with E-state index in [9.17, 15) is 5.11 Å². The predicted molar refractivity (Wildman–Crippen MR) is 78.1 cm³/mol. The van der Waals surface area contributed by atoms with E-state index in [0.29, 0.717) is 5.92 Å². The van der Waals surface area contributed by atoms with Gasteiger partial charge in [-0.25, -0.2) is 0 Å². The zero-order valence-electron chi connectivity index (χ0n) is 11.1. The molecule has 0 radical (unpaired) electrons. The van der Waals surface area contributed by atoms with Crippen molar-refractivity contribution in [2.24, 2.45) is 5.92 Å². The summed E-state index contributed by atoms with van der Waals surface area (Å²) in [5.41, 5.74) is 1.24. The minimum atomic E-state index is 0.256. The quantitative estimate of drug-likeness (QED) is 0.871. The Labute approximate surface area is 109 Å². The lowest BCUT2D eigenvalue weighted by Crippen LogP contribution is -2.27. The van der Waals surface area contributed by atoms with Gasteiger partial charge in [0.05, 0.1) is 0 Å². The fourth-order valence-electron chi connectivity index (χ4n) is 2.34. The summed E-state index contributed by atoms with van der Waals surface area (Å²) < 4.78 is 0. The Bertz CT molecular complexity index is 500. The molecule has 0 aromatic heterocycles. The van der Waals surface area contributed by atoms with Gasteiger partial charge in [0.2, 0.25) is 0 Å². The van der Waals surface area contributed by atoms with Crippen molar-refractivity contribution in [2.45, 2.75) is 13.3 Å². The summed E-state index contributed by atoms with van der Waals surface area (Å²) in [4.78, 5) is 2.24. The monoisotopic (exact) mass is 243 g/mol. The van der Waals surface area contributed by atoms with Crippen LogP contribution in [0, 0.1) is 5.92 Å². The molecule has 18 heavy (non-hydrogen) atoms. The minimum absolute atomic E-state index is 0.256. The Morgan fingerprint density at radius 2 is 1.83 bits per heavy atom. The van der Waals surface area contributed by atoms with Crippen LogP contribution in [0.3, 0.4) is 0 Å². The third-order valence-electron chi connectivity index (χ3n) is 3.55. The molecule has 96 valence electrons. The van der Waals surface area contributed by atoms with E-state index in [1.54, 1.807) is 0 Å². The van der Waals surface area contributed by atoms with E-state index >= 15 is 0 Å². The second-order valence-electron chi connectivity index (χ2n) is 4.84. The van der Waals surface area contributed by atoms with Crippen LogP contribution in [0.25, 0.3) is 10.8 Å². The SMILES string of the molecule is CCC(CO)CN(C)c1cccc2ccccc12. The maximum absolute atomic E-state index is 9.31. The number of aliphatic hydroxyl groups excluding tert-OH is 1. The maximum Gasteiger partial charge on any atom is 0.0476 e. The molecular weight excluding hydrogens is 222 g/mol. The van der Waals surface area contributed by atoms with Crippen molar-refractivity contribution in [3.05, 3.63) is 42.5 Å². The molecule has 2 rings (SSSR count). The van der Waals surface area contributed by atoms with Crippen molar-refractivity contribution >= 4 is 16.5 Å². The maximum atomic E-state index is 9.31. The summed E-state index contributed by atoms with van der Waals surface area (Å²) in [7, 11) is 2.10. The highest BCUT2D eigenvalue weighted by Gasteiger charge is 2.11. The molecule has 2 nitrogen and oxygen atoms in total. The predicted octanol–water partition coefficient (Wildman–Crippen LogP) is 3.29. The van der Waals surface area contributed by atoms with Crippen molar-refractivity contribution in [3.8, 4) is 0 Å². The molecular formula is C16H21NO. The lowest BCUT2D eigenvalue weighted by atomic mass is 10.1. The second-order valence-corrected chi connectivity index (χ2v) is 4.84. The number of rotatable bonds is 5. The van der Waals surface area contributed by atoms with Gasteiger partial charge < -0.3 is 10.0 Å². The molecule has 0 heterocycles. The highest BCUT2D eigenvalue weighted by atomic mass is 16.3. The Morgan fingerprint density at radius 3 is 2.56 bits per heavy atom. The average molecular weight is 243 g/mol. The molecule has 0 bridgehead atoms. The highest BCUT2D eigenvalue weighted by Crippen LogP contribution is 2.26. The van der Waals surface area contributed by atoms with Gasteiger partial charge in [-0.15, -0.1) is 0 Å². The fraction of sp³-hybridized carbons (Fsp3) is 0.375. The van der Waals surface area contributed by atoms with Gasteiger partial charge >= 0.3 is 0 Å². The van der Waals surface area contributed by atoms with Gasteiger partial charge in [0.25, 0.3) is 0 Å². The third kappa shape index (κ3) is 2.65. The topological polar surface area (TPSA) is 23.5 Å². The van der Waals surface area contributed by atoms with Gasteiger partial charge in [-0.1, -0.05) is 43.3 Å². The highest BCUT2D eigenvalue weighted by molar-refractivity contribution is 5.94. The van der Waals surface area contributed by atoms with Crippen LogP contribution < -0.4 is 4.90 Å². The zero-order valence-corrected chi connectivity index (χ0v) is 11.1. The van der Waals surface area contributed by atoms with E-state index in [-0.39, 0.29) is 6.61 Å². The molecule has 1 N–H and O–H groups in total. The largest absolute Gasteiger partial charge is 0.396 e. The molecule has 0 saturated carbocycles. The first kappa shape index (κ1) is 12.9. The summed E-state index contributed by atoms with van der Waals surface area (Å²) in [6.07, 6.45) is 1.01. The molecule has 0 saturated heterocycles. The lowest BCUT2D eigenvalue weighted by molar-refractivity contribution is 0.226. The van der Waals surface area contributed by atoms with Crippen LogP contribution in [-0.4, -0.2) is 25.3 Å². The van der Waals surface area contributed by atoms with Crippen molar-refractivity contribution in [3.63, 3.8) is 0 Å². The number of anilines is 1. The second kappa shape index (κ2) is 5.87. The van der Waals surface area contributed by atoms with Crippen molar-refractivity contribution in [1.82, 2.24) is 0 Å². The molecule has 2 aromatic carbocycles. The van der Waals surface area contributed by atoms with E-state index in [4.69, 9.17) is 0 Å². The molecule has 2 aromatic rings. The summed E-state index contributed by atoms with van der Waals surface area (Å²) in [5.74, 6) is 0.342. The van der Waals surface area contributed by atoms with Crippen LogP contribution in [0.2, 0.25) is 0 Å². The van der Waals surface area contributed by atoms with Gasteiger partial charge in [0, 0.05) is 31.3 Å². The third-order valence-corrected chi connectivity index (χ3v) is 3.55. The van der Waals surface area contributed by atoms with E-state index < -0.39 is 0 Å². The first-order valence-corrected chi connectivity index (χ1v) is 6.56. The van der Waals surface area contributed by atoms with Crippen LogP contribution >= 0.6 is 0 Å². The molecule has 1 unspecified atom stereocenters. The molecule has 0 aliphatic heterocycles. The molecule has 0 fully saturated rings. The Hall–Kier alpha value is -1.54. The van der Waals surface area contributed by atoms with Gasteiger partial charge in [-0.3, -0.25) is 0 Å². The minimum Gasteiger partial charge on any atom is -0.396 e. The van der Waals surface area contributed by atoms with Gasteiger partial charge in [-0.2, -0.15) is 0 Å². The van der Waals surface area contributed by atoms with Crippen LogP contribution in [-0.2, 0) is 0 Å². The molecule has 1 atom stereocenters. The molecule has 0 amide bonds. The number of nitrogens with zero attached hydrogens (tertiary/aromatic N) is 1. The van der Waals surface area contributed by atoms with Crippen LogP contribution in [0.5, 0.6) is 0 Å². The van der Waals surface area contributed by atoms with E-state index in [1.165, 1.54) is 16.5 Å². The average Bonchev–Trinajstić information content (AvgIpc) is 2.43. The number of aliphatic hydroxyl groups is 1. The lowest BCUT2D eigenvalue weighted by Gasteiger charge is -2.25. The zero-order chi connectivity index (χ0) is 13.0. The summed E-state index contributed by atoms with van der Waals surface area (Å²) >= 11 is 0. The van der Waals surface area contributed by atoms with E-state index in [0.717, 1.165) is 13.0 Å². The number of benzene rings is 2. The first-order chi connectivity index (χ1) is 8.76. The smallest absolute Gasteiger partial charge is 0.0476 e. The summed E-state index contributed by atoms with van der Waals surface area (Å²) in [5, 5.41) is 11.8. The normalized spacial score (nSPS) is 12.6. The Morgan fingerprint density at radius 1 is 1.11 bits per heavy atom. The number of hydrogen-bond donors (Lipinski definition) is 1. The fourth-order valence-corrected chi connectivity index (χ4v) is 2.34.